The van der Waals surface area contributed by atoms with E-state index >= 15 is 0 Å². The van der Waals surface area contributed by atoms with E-state index in [1.807, 2.05) is 11.8 Å². The number of hydrogen-bond donors (Lipinski definition) is 1. The molecule has 1 N–H and O–H groups in total. The van der Waals surface area contributed by atoms with E-state index in [1.165, 1.54) is 16.1 Å². The van der Waals surface area contributed by atoms with Gasteiger partial charge in [0.2, 0.25) is 0 Å². The lowest BCUT2D eigenvalue weighted by molar-refractivity contribution is 0.282. The van der Waals surface area contributed by atoms with E-state index in [2.05, 4.69) is 57.8 Å². The van der Waals surface area contributed by atoms with Crippen LogP contribution >= 0.6 is 11.8 Å². The Hall–Kier alpha value is -0.670. The fraction of sp³-hybridized carbons (Fsp3) is 0.600. The monoisotopic (exact) mass is 265 g/mol. The largest absolute Gasteiger partial charge is 0.395 e. The molecule has 2 unspecified atom stereocenters. The normalized spacial score (nSPS) is 24.0. The molecule has 0 radical (unpaired) electrons. The molecule has 2 rings (SSSR count). The van der Waals surface area contributed by atoms with Gasteiger partial charge in [-0.05, 0) is 30.0 Å². The molecule has 1 aromatic carbocycles. The number of fused-ring (bicyclic) bond motifs is 1. The summed E-state index contributed by atoms with van der Waals surface area (Å²) in [7, 11) is 2.11. The minimum Gasteiger partial charge on any atom is -0.395 e. The Balaban J connectivity index is 2.42. The number of rotatable bonds is 1. The molecular weight excluding hydrogens is 242 g/mol. The Morgan fingerprint density at radius 2 is 2.00 bits per heavy atom. The van der Waals surface area contributed by atoms with Crippen LogP contribution in [0.3, 0.4) is 0 Å². The molecule has 1 heterocycles. The first-order chi connectivity index (χ1) is 8.34. The molecule has 100 valence electrons. The maximum Gasteiger partial charge on any atom is 0.0573 e. The molecule has 0 aromatic heterocycles. The van der Waals surface area contributed by atoms with E-state index in [-0.39, 0.29) is 17.3 Å². The summed E-state index contributed by atoms with van der Waals surface area (Å²) < 4.78 is 0. The van der Waals surface area contributed by atoms with Crippen LogP contribution in [0.1, 0.15) is 33.3 Å². The number of anilines is 1. The summed E-state index contributed by atoms with van der Waals surface area (Å²) in [5.41, 5.74) is 2.81. The van der Waals surface area contributed by atoms with Crippen LogP contribution in [0, 0.1) is 0 Å². The average Bonchev–Trinajstić information content (AvgIpc) is 2.32. The van der Waals surface area contributed by atoms with Crippen LogP contribution in [-0.2, 0) is 5.41 Å². The van der Waals surface area contributed by atoms with E-state index in [0.717, 1.165) is 0 Å². The van der Waals surface area contributed by atoms with E-state index in [4.69, 9.17) is 0 Å². The summed E-state index contributed by atoms with van der Waals surface area (Å²) in [6.07, 6.45) is 0. The highest BCUT2D eigenvalue weighted by atomic mass is 32.2. The Morgan fingerprint density at radius 3 is 2.56 bits per heavy atom. The maximum absolute atomic E-state index is 9.49. The highest BCUT2D eigenvalue weighted by Gasteiger charge is 2.30. The van der Waals surface area contributed by atoms with E-state index in [1.54, 1.807) is 0 Å². The predicted octanol–water partition coefficient (Wildman–Crippen LogP) is 3.28. The van der Waals surface area contributed by atoms with Gasteiger partial charge in [-0.1, -0.05) is 26.8 Å². The van der Waals surface area contributed by atoms with E-state index < -0.39 is 0 Å². The molecular formula is C15H23NOS. The number of benzene rings is 1. The van der Waals surface area contributed by atoms with Crippen molar-refractivity contribution >= 4 is 17.4 Å². The van der Waals surface area contributed by atoms with E-state index in [9.17, 15) is 5.11 Å². The first-order valence-corrected chi connectivity index (χ1v) is 7.37. The Morgan fingerprint density at radius 1 is 1.33 bits per heavy atom. The maximum atomic E-state index is 9.49. The first kappa shape index (κ1) is 13.8. The van der Waals surface area contributed by atoms with Crippen LogP contribution in [0.5, 0.6) is 0 Å². The van der Waals surface area contributed by atoms with Crippen molar-refractivity contribution in [2.24, 2.45) is 0 Å². The SMILES string of the molecule is CC1C(CO)Sc2cc(C(C)(C)C)ccc2N1C. The van der Waals surface area contributed by atoms with Gasteiger partial charge in [0.25, 0.3) is 0 Å². The predicted molar refractivity (Wildman–Crippen MR) is 79.7 cm³/mol. The smallest absolute Gasteiger partial charge is 0.0573 e. The zero-order valence-electron chi connectivity index (χ0n) is 11.9. The lowest BCUT2D eigenvalue weighted by Gasteiger charge is -2.39. The Labute approximate surface area is 114 Å². The molecule has 18 heavy (non-hydrogen) atoms. The summed E-state index contributed by atoms with van der Waals surface area (Å²) in [6, 6.07) is 7.09. The fourth-order valence-corrected chi connectivity index (χ4v) is 3.59. The molecule has 0 aliphatic carbocycles. The van der Waals surface area contributed by atoms with Gasteiger partial charge in [0, 0.05) is 18.0 Å². The van der Waals surface area contributed by atoms with Gasteiger partial charge >= 0.3 is 0 Å². The van der Waals surface area contributed by atoms with Crippen molar-refractivity contribution in [2.45, 2.75) is 49.3 Å². The molecule has 0 spiro atoms. The molecule has 2 atom stereocenters. The summed E-state index contributed by atoms with van der Waals surface area (Å²) in [4.78, 5) is 3.57. The first-order valence-electron chi connectivity index (χ1n) is 6.49. The molecule has 2 nitrogen and oxygen atoms in total. The van der Waals surface area contributed by atoms with Crippen molar-refractivity contribution < 1.29 is 5.11 Å². The summed E-state index contributed by atoms with van der Waals surface area (Å²) in [5.74, 6) is 0. The van der Waals surface area contributed by atoms with Gasteiger partial charge in [-0.2, -0.15) is 0 Å². The summed E-state index contributed by atoms with van der Waals surface area (Å²) in [6.45, 7) is 9.11. The highest BCUT2D eigenvalue weighted by Crippen LogP contribution is 2.42. The third kappa shape index (κ3) is 2.39. The summed E-state index contributed by atoms with van der Waals surface area (Å²) in [5, 5.41) is 9.75. The van der Waals surface area contributed by atoms with Gasteiger partial charge in [0.15, 0.2) is 0 Å². The number of aliphatic hydroxyl groups is 1. The molecule has 0 amide bonds. The van der Waals surface area contributed by atoms with Crippen LogP contribution in [0.15, 0.2) is 23.1 Å². The van der Waals surface area contributed by atoms with Crippen LogP contribution in [-0.4, -0.2) is 30.1 Å². The number of hydrogen-bond acceptors (Lipinski definition) is 3. The molecule has 3 heteroatoms. The highest BCUT2D eigenvalue weighted by molar-refractivity contribution is 8.00. The fourth-order valence-electron chi connectivity index (χ4n) is 2.29. The van der Waals surface area contributed by atoms with Gasteiger partial charge in [-0.25, -0.2) is 0 Å². The summed E-state index contributed by atoms with van der Waals surface area (Å²) >= 11 is 1.81. The molecule has 0 saturated heterocycles. The van der Waals surface area contributed by atoms with Crippen LogP contribution < -0.4 is 4.90 Å². The molecule has 0 saturated carbocycles. The second kappa shape index (κ2) is 4.78. The van der Waals surface area contributed by atoms with Crippen molar-refractivity contribution in [3.63, 3.8) is 0 Å². The van der Waals surface area contributed by atoms with Crippen molar-refractivity contribution in [3.05, 3.63) is 23.8 Å². The average molecular weight is 265 g/mol. The zero-order valence-corrected chi connectivity index (χ0v) is 12.7. The number of nitrogens with zero attached hydrogens (tertiary/aromatic N) is 1. The minimum atomic E-state index is 0.173. The quantitative estimate of drug-likeness (QED) is 0.843. The van der Waals surface area contributed by atoms with Crippen LogP contribution in [0.2, 0.25) is 0 Å². The van der Waals surface area contributed by atoms with Crippen molar-refractivity contribution in [1.82, 2.24) is 0 Å². The minimum absolute atomic E-state index is 0.173. The standard InChI is InChI=1S/C15H23NOS/c1-10-14(9-17)18-13-8-11(15(2,3)4)6-7-12(13)16(10)5/h6-8,10,14,17H,9H2,1-5H3. The van der Waals surface area contributed by atoms with Gasteiger partial charge in [-0.15, -0.1) is 11.8 Å². The van der Waals surface area contributed by atoms with Crippen LogP contribution in [0.4, 0.5) is 5.69 Å². The molecule has 0 fully saturated rings. The third-order valence-corrected chi connectivity index (χ3v) is 5.24. The zero-order chi connectivity index (χ0) is 13.5. The molecule has 1 aliphatic heterocycles. The Kier molecular flexibility index (Phi) is 3.65. The molecule has 0 bridgehead atoms. The molecule has 1 aromatic rings. The van der Waals surface area contributed by atoms with Gasteiger partial charge < -0.3 is 10.0 Å². The number of thioether (sulfide) groups is 1. The third-order valence-electron chi connectivity index (χ3n) is 3.81. The lowest BCUT2D eigenvalue weighted by atomic mass is 9.87. The Bertz CT molecular complexity index is 439. The van der Waals surface area contributed by atoms with Crippen molar-refractivity contribution in [2.75, 3.05) is 18.6 Å². The van der Waals surface area contributed by atoms with Gasteiger partial charge in [0.05, 0.1) is 17.5 Å². The van der Waals surface area contributed by atoms with E-state index in [0.29, 0.717) is 6.04 Å². The molecule has 1 aliphatic rings. The van der Waals surface area contributed by atoms with Crippen molar-refractivity contribution in [3.8, 4) is 0 Å². The number of aliphatic hydroxyl groups excluding tert-OH is 1. The second-order valence-electron chi connectivity index (χ2n) is 6.12. The second-order valence-corrected chi connectivity index (χ2v) is 7.40. The van der Waals surface area contributed by atoms with Gasteiger partial charge in [0.1, 0.15) is 0 Å². The van der Waals surface area contributed by atoms with Gasteiger partial charge in [-0.3, -0.25) is 0 Å². The topological polar surface area (TPSA) is 23.5 Å². The lowest BCUT2D eigenvalue weighted by Crippen LogP contribution is -2.42. The van der Waals surface area contributed by atoms with Crippen LogP contribution in [0.25, 0.3) is 0 Å². The van der Waals surface area contributed by atoms with Crippen molar-refractivity contribution in [1.29, 1.82) is 0 Å².